The Morgan fingerprint density at radius 3 is 0.968 bits per heavy atom. The van der Waals surface area contributed by atoms with E-state index in [2.05, 4.69) is 19.2 Å². The van der Waals surface area contributed by atoms with Crippen molar-refractivity contribution in [2.75, 3.05) is 13.2 Å². The molecule has 2 atom stereocenters. The molecule has 0 fully saturated rings. The third-order valence-electron chi connectivity index (χ3n) is 13.7. The van der Waals surface area contributed by atoms with Gasteiger partial charge < -0.3 is 20.3 Å². The molecule has 2 unspecified atom stereocenters. The highest BCUT2D eigenvalue weighted by molar-refractivity contribution is 5.76. The summed E-state index contributed by atoms with van der Waals surface area (Å²) in [6.07, 6.45) is 60.9. The lowest BCUT2D eigenvalue weighted by molar-refractivity contribution is -0.143. The third kappa shape index (κ3) is 50.1. The van der Waals surface area contributed by atoms with Crippen LogP contribution in [0.25, 0.3) is 0 Å². The number of hydrogen-bond donors (Lipinski definition) is 3. The monoisotopic (exact) mass is 892 g/mol. The van der Waals surface area contributed by atoms with Gasteiger partial charge in [0.1, 0.15) is 0 Å². The Labute approximate surface area is 394 Å². The van der Waals surface area contributed by atoms with Crippen LogP contribution in [0, 0.1) is 0 Å². The van der Waals surface area contributed by atoms with E-state index in [0.717, 1.165) is 57.8 Å². The van der Waals surface area contributed by atoms with Crippen LogP contribution in [0.5, 0.6) is 0 Å². The molecular weight excluding hydrogens is 779 g/mol. The van der Waals surface area contributed by atoms with Gasteiger partial charge in [-0.2, -0.15) is 0 Å². The number of esters is 1. The quantitative estimate of drug-likeness (QED) is 0.0418. The van der Waals surface area contributed by atoms with E-state index in [9.17, 15) is 19.8 Å². The fraction of sp³-hybridized carbons (Fsp3) is 0.965. The second kappa shape index (κ2) is 53.5. The Balaban J connectivity index is 3.45. The molecule has 1 amide bonds. The molecule has 0 aliphatic heterocycles. The smallest absolute Gasteiger partial charge is 0.305 e. The lowest BCUT2D eigenvalue weighted by atomic mass is 10.0. The number of ether oxygens (including phenoxy) is 1. The number of hydrogen-bond acceptors (Lipinski definition) is 5. The molecule has 0 radical (unpaired) electrons. The highest BCUT2D eigenvalue weighted by Gasteiger charge is 2.20. The first-order chi connectivity index (χ1) is 31.0. The molecular formula is C57H113NO5. The Morgan fingerprint density at radius 2 is 0.651 bits per heavy atom. The predicted octanol–water partition coefficient (Wildman–Crippen LogP) is 17.5. The molecule has 0 aliphatic carbocycles. The molecule has 0 saturated heterocycles. The van der Waals surface area contributed by atoms with Crippen molar-refractivity contribution in [1.29, 1.82) is 0 Å². The molecule has 0 aromatic carbocycles. The van der Waals surface area contributed by atoms with Gasteiger partial charge >= 0.3 is 5.97 Å². The van der Waals surface area contributed by atoms with Gasteiger partial charge in [0.2, 0.25) is 5.91 Å². The molecule has 6 nitrogen and oxygen atoms in total. The number of carbonyl (C=O) groups is 2. The van der Waals surface area contributed by atoms with Gasteiger partial charge in [-0.15, -0.1) is 0 Å². The number of unbranched alkanes of at least 4 members (excludes halogenated alkanes) is 43. The number of aliphatic hydroxyl groups excluding tert-OH is 2. The maximum Gasteiger partial charge on any atom is 0.305 e. The molecule has 3 N–H and O–H groups in total. The summed E-state index contributed by atoms with van der Waals surface area (Å²) >= 11 is 0. The molecule has 0 rings (SSSR count). The summed E-state index contributed by atoms with van der Waals surface area (Å²) in [4.78, 5) is 24.6. The van der Waals surface area contributed by atoms with Crippen molar-refractivity contribution in [2.45, 2.75) is 341 Å². The van der Waals surface area contributed by atoms with E-state index < -0.39 is 12.1 Å². The van der Waals surface area contributed by atoms with Crippen LogP contribution < -0.4 is 5.32 Å². The maximum atomic E-state index is 12.5. The van der Waals surface area contributed by atoms with Crippen molar-refractivity contribution < 1.29 is 24.5 Å². The van der Waals surface area contributed by atoms with Gasteiger partial charge in [0.05, 0.1) is 25.4 Å². The van der Waals surface area contributed by atoms with Crippen LogP contribution in [0.1, 0.15) is 328 Å². The lowest BCUT2D eigenvalue weighted by Crippen LogP contribution is -2.45. The molecule has 0 bridgehead atoms. The van der Waals surface area contributed by atoms with Crippen LogP contribution in [0.3, 0.4) is 0 Å². The summed E-state index contributed by atoms with van der Waals surface area (Å²) in [7, 11) is 0. The van der Waals surface area contributed by atoms with Crippen molar-refractivity contribution >= 4 is 11.9 Å². The second-order valence-corrected chi connectivity index (χ2v) is 20.0. The highest BCUT2D eigenvalue weighted by atomic mass is 16.5. The van der Waals surface area contributed by atoms with Crippen molar-refractivity contribution in [2.24, 2.45) is 0 Å². The molecule has 0 aliphatic rings. The third-order valence-corrected chi connectivity index (χ3v) is 13.7. The van der Waals surface area contributed by atoms with E-state index in [1.807, 2.05) is 0 Å². The van der Waals surface area contributed by atoms with Gasteiger partial charge in [-0.05, 0) is 25.7 Å². The summed E-state index contributed by atoms with van der Waals surface area (Å²) in [6.45, 7) is 4.92. The van der Waals surface area contributed by atoms with E-state index in [0.29, 0.717) is 25.9 Å². The fourth-order valence-electron chi connectivity index (χ4n) is 9.23. The maximum absolute atomic E-state index is 12.5. The minimum Gasteiger partial charge on any atom is -0.466 e. The van der Waals surface area contributed by atoms with Crippen molar-refractivity contribution in [3.05, 3.63) is 0 Å². The SMILES string of the molecule is CCCCCCCCCCCCCCCCCCCCCCCCC(O)C(CO)NC(=O)CCCCCCCCCCCOC(=O)CCCCCCCCCCCCCCCCC. The van der Waals surface area contributed by atoms with Crippen LogP contribution in [0.15, 0.2) is 0 Å². The van der Waals surface area contributed by atoms with Gasteiger partial charge in [-0.3, -0.25) is 9.59 Å². The molecule has 0 spiro atoms. The first-order valence-corrected chi connectivity index (χ1v) is 28.8. The largest absolute Gasteiger partial charge is 0.466 e. The number of aliphatic hydroxyl groups is 2. The van der Waals surface area contributed by atoms with Gasteiger partial charge in [0, 0.05) is 12.8 Å². The van der Waals surface area contributed by atoms with Crippen molar-refractivity contribution in [1.82, 2.24) is 5.32 Å². The predicted molar refractivity (Wildman–Crippen MR) is 274 cm³/mol. The molecule has 63 heavy (non-hydrogen) atoms. The van der Waals surface area contributed by atoms with Crippen LogP contribution in [-0.4, -0.2) is 47.4 Å². The Kier molecular flexibility index (Phi) is 52.5. The van der Waals surface area contributed by atoms with Crippen molar-refractivity contribution in [3.63, 3.8) is 0 Å². The van der Waals surface area contributed by atoms with Crippen LogP contribution >= 0.6 is 0 Å². The Hall–Kier alpha value is -1.14. The standard InChI is InChI=1S/C57H113NO5/c1-3-5-7-9-11-13-15-17-19-20-21-22-23-24-25-27-28-30-33-37-41-45-49-55(60)54(53-59)58-56(61)50-46-42-38-34-32-36-40-44-48-52-63-57(62)51-47-43-39-35-31-29-26-18-16-14-12-10-8-6-4-2/h54-55,59-60H,3-53H2,1-2H3,(H,58,61). The minimum absolute atomic E-state index is 0.0205. The summed E-state index contributed by atoms with van der Waals surface area (Å²) < 4.78 is 5.46. The van der Waals surface area contributed by atoms with E-state index in [1.54, 1.807) is 0 Å². The molecule has 376 valence electrons. The van der Waals surface area contributed by atoms with Gasteiger partial charge in [-0.25, -0.2) is 0 Å². The topological polar surface area (TPSA) is 95.9 Å². The van der Waals surface area contributed by atoms with Crippen LogP contribution in [0.2, 0.25) is 0 Å². The Bertz CT molecular complexity index is 898. The molecule has 0 aromatic heterocycles. The van der Waals surface area contributed by atoms with Crippen LogP contribution in [-0.2, 0) is 14.3 Å². The molecule has 6 heteroatoms. The number of rotatable bonds is 54. The normalized spacial score (nSPS) is 12.5. The summed E-state index contributed by atoms with van der Waals surface area (Å²) in [5, 5.41) is 23.3. The molecule has 0 saturated carbocycles. The van der Waals surface area contributed by atoms with E-state index in [-0.39, 0.29) is 18.5 Å². The van der Waals surface area contributed by atoms with Gasteiger partial charge in [-0.1, -0.05) is 290 Å². The first-order valence-electron chi connectivity index (χ1n) is 28.8. The number of carbonyl (C=O) groups excluding carboxylic acids is 2. The number of nitrogens with one attached hydrogen (secondary N) is 1. The highest BCUT2D eigenvalue weighted by Crippen LogP contribution is 2.18. The molecule has 0 aromatic rings. The zero-order valence-electron chi connectivity index (χ0n) is 42.8. The minimum atomic E-state index is -0.681. The first kappa shape index (κ1) is 61.9. The average Bonchev–Trinajstić information content (AvgIpc) is 3.28. The number of amides is 1. The summed E-state index contributed by atoms with van der Waals surface area (Å²) in [5.74, 6) is -0.0782. The van der Waals surface area contributed by atoms with Crippen LogP contribution in [0.4, 0.5) is 0 Å². The zero-order chi connectivity index (χ0) is 45.8. The molecule has 0 heterocycles. The lowest BCUT2D eigenvalue weighted by Gasteiger charge is -2.22. The second-order valence-electron chi connectivity index (χ2n) is 20.0. The van der Waals surface area contributed by atoms with E-state index >= 15 is 0 Å². The summed E-state index contributed by atoms with van der Waals surface area (Å²) in [6, 6.07) is -0.560. The Morgan fingerprint density at radius 1 is 0.381 bits per heavy atom. The zero-order valence-corrected chi connectivity index (χ0v) is 42.8. The van der Waals surface area contributed by atoms with Crippen molar-refractivity contribution in [3.8, 4) is 0 Å². The summed E-state index contributed by atoms with van der Waals surface area (Å²) in [5.41, 5.74) is 0. The fourth-order valence-corrected chi connectivity index (χ4v) is 9.23. The van der Waals surface area contributed by atoms with E-state index in [1.165, 1.54) is 238 Å². The van der Waals surface area contributed by atoms with Gasteiger partial charge in [0.25, 0.3) is 0 Å². The van der Waals surface area contributed by atoms with E-state index in [4.69, 9.17) is 4.74 Å². The average molecular weight is 893 g/mol. The van der Waals surface area contributed by atoms with Gasteiger partial charge in [0.15, 0.2) is 0 Å².